The van der Waals surface area contributed by atoms with E-state index in [4.69, 9.17) is 0 Å². The third-order valence-electron chi connectivity index (χ3n) is 4.74. The van der Waals surface area contributed by atoms with Crippen LogP contribution in [-0.4, -0.2) is 17.6 Å². The van der Waals surface area contributed by atoms with Gasteiger partial charge in [0, 0.05) is 11.4 Å². The fourth-order valence-electron chi connectivity index (χ4n) is 3.53. The molecule has 1 N–H and O–H groups in total. The van der Waals surface area contributed by atoms with E-state index in [9.17, 15) is 9.59 Å². The summed E-state index contributed by atoms with van der Waals surface area (Å²) in [6.07, 6.45) is 0.164. The summed E-state index contributed by atoms with van der Waals surface area (Å²) in [7, 11) is 0. The molecule has 0 bridgehead atoms. The van der Waals surface area contributed by atoms with Crippen LogP contribution in [0.15, 0.2) is 91.0 Å². The Morgan fingerprint density at radius 2 is 1.46 bits per heavy atom. The molecule has 5 heteroatoms. The molecule has 1 fully saturated rings. The van der Waals surface area contributed by atoms with Crippen molar-refractivity contribution in [2.45, 2.75) is 11.3 Å². The first-order valence-electron chi connectivity index (χ1n) is 9.11. The van der Waals surface area contributed by atoms with Crippen molar-refractivity contribution in [2.75, 3.05) is 16.0 Å². The van der Waals surface area contributed by atoms with E-state index in [1.807, 2.05) is 91.0 Å². The highest BCUT2D eigenvalue weighted by Gasteiger charge is 2.49. The number of para-hydroxylation sites is 2. The molecule has 3 aromatic carbocycles. The van der Waals surface area contributed by atoms with Gasteiger partial charge in [-0.25, -0.2) is 0 Å². The number of rotatable bonds is 5. The van der Waals surface area contributed by atoms with Gasteiger partial charge in [0.25, 0.3) is 0 Å². The summed E-state index contributed by atoms with van der Waals surface area (Å²) in [5.41, 5.74) is 2.49. The van der Waals surface area contributed by atoms with Gasteiger partial charge in [-0.15, -0.1) is 11.8 Å². The van der Waals surface area contributed by atoms with Crippen LogP contribution in [0.3, 0.4) is 0 Å². The molecule has 0 aliphatic carbocycles. The van der Waals surface area contributed by atoms with E-state index in [-0.39, 0.29) is 18.2 Å². The Morgan fingerprint density at radius 3 is 2.11 bits per heavy atom. The van der Waals surface area contributed by atoms with Crippen LogP contribution < -0.4 is 10.2 Å². The number of amides is 2. The van der Waals surface area contributed by atoms with Crippen LogP contribution in [0.25, 0.3) is 0 Å². The molecule has 1 atom stereocenters. The average Bonchev–Trinajstić information content (AvgIpc) is 3.07. The Kier molecular flexibility index (Phi) is 5.17. The van der Waals surface area contributed by atoms with E-state index in [2.05, 4.69) is 5.32 Å². The van der Waals surface area contributed by atoms with Gasteiger partial charge in [0.05, 0.1) is 12.2 Å². The maximum atomic E-state index is 13.0. The number of nitrogens with one attached hydrogen (secondary N) is 1. The Hall–Kier alpha value is -3.05. The quantitative estimate of drug-likeness (QED) is 0.692. The van der Waals surface area contributed by atoms with Crippen LogP contribution in [0, 0.1) is 0 Å². The smallest absolute Gasteiger partial charge is 0.238 e. The molecule has 0 aromatic heterocycles. The molecule has 3 aromatic rings. The molecular formula is C23H20N2O2S. The minimum absolute atomic E-state index is 0.00700. The lowest BCUT2D eigenvalue weighted by Crippen LogP contribution is -2.44. The van der Waals surface area contributed by atoms with Crippen molar-refractivity contribution in [3.05, 3.63) is 96.6 Å². The maximum absolute atomic E-state index is 13.0. The number of hydrogen-bond acceptors (Lipinski definition) is 3. The van der Waals surface area contributed by atoms with Gasteiger partial charge in [0.15, 0.2) is 0 Å². The summed E-state index contributed by atoms with van der Waals surface area (Å²) < 4.78 is 0. The topological polar surface area (TPSA) is 49.4 Å². The number of nitrogens with zero attached hydrogens (tertiary/aromatic N) is 1. The molecule has 1 aliphatic heterocycles. The van der Waals surface area contributed by atoms with Crippen LogP contribution >= 0.6 is 11.8 Å². The van der Waals surface area contributed by atoms with Gasteiger partial charge >= 0.3 is 0 Å². The summed E-state index contributed by atoms with van der Waals surface area (Å²) >= 11 is 1.51. The monoisotopic (exact) mass is 388 g/mol. The molecule has 140 valence electrons. The van der Waals surface area contributed by atoms with Crippen LogP contribution in [0.1, 0.15) is 12.0 Å². The summed E-state index contributed by atoms with van der Waals surface area (Å²) in [5.74, 6) is 0.216. The number of anilines is 2. The molecule has 2 amide bonds. The first-order valence-corrected chi connectivity index (χ1v) is 10.1. The average molecular weight is 388 g/mol. The SMILES string of the molecule is O=C(C[C@@]1(c2ccccc2)SCC(=O)N1c1ccccc1)Nc1ccccc1. The standard InChI is InChI=1S/C23H20N2O2S/c26-21(24-19-12-6-2-7-13-19)16-23(18-10-4-1-5-11-18)25(22(27)17-28-23)20-14-8-3-9-15-20/h1-15H,16-17H2,(H,24,26)/t23-/m0/s1. The second-order valence-corrected chi connectivity index (χ2v) is 7.85. The fourth-order valence-corrected chi connectivity index (χ4v) is 4.89. The highest BCUT2D eigenvalue weighted by atomic mass is 32.2. The first kappa shape index (κ1) is 18.3. The van der Waals surface area contributed by atoms with Crippen molar-refractivity contribution in [2.24, 2.45) is 0 Å². The Balaban J connectivity index is 1.73. The molecule has 4 nitrogen and oxygen atoms in total. The molecule has 1 aliphatic rings. The lowest BCUT2D eigenvalue weighted by Gasteiger charge is -2.37. The third-order valence-corrected chi connectivity index (χ3v) is 6.17. The second kappa shape index (κ2) is 7.90. The first-order chi connectivity index (χ1) is 13.7. The van der Waals surface area contributed by atoms with Crippen molar-refractivity contribution in [1.29, 1.82) is 0 Å². The molecule has 1 saturated heterocycles. The van der Waals surface area contributed by atoms with E-state index in [0.29, 0.717) is 5.75 Å². The second-order valence-electron chi connectivity index (χ2n) is 6.59. The number of carbonyl (C=O) groups is 2. The Morgan fingerprint density at radius 1 is 0.893 bits per heavy atom. The van der Waals surface area contributed by atoms with E-state index in [1.165, 1.54) is 11.8 Å². The molecule has 0 spiro atoms. The number of benzene rings is 3. The normalized spacial score (nSPS) is 18.9. The third kappa shape index (κ3) is 3.53. The van der Waals surface area contributed by atoms with Crippen molar-refractivity contribution >= 4 is 35.0 Å². The molecule has 28 heavy (non-hydrogen) atoms. The highest BCUT2D eigenvalue weighted by Crippen LogP contribution is 2.50. The van der Waals surface area contributed by atoms with Gasteiger partial charge in [-0.1, -0.05) is 66.7 Å². The number of thioether (sulfide) groups is 1. The maximum Gasteiger partial charge on any atom is 0.238 e. The summed E-state index contributed by atoms with van der Waals surface area (Å²) in [5, 5.41) is 2.96. The minimum atomic E-state index is -0.779. The summed E-state index contributed by atoms with van der Waals surface area (Å²) in [4.78, 5) is 26.8. The van der Waals surface area contributed by atoms with E-state index >= 15 is 0 Å². The zero-order valence-electron chi connectivity index (χ0n) is 15.2. The van der Waals surface area contributed by atoms with Crippen LogP contribution in [0.5, 0.6) is 0 Å². The lowest BCUT2D eigenvalue weighted by atomic mass is 9.99. The summed E-state index contributed by atoms with van der Waals surface area (Å²) in [6, 6.07) is 28.7. The Labute approximate surface area is 168 Å². The van der Waals surface area contributed by atoms with E-state index < -0.39 is 4.87 Å². The zero-order valence-corrected chi connectivity index (χ0v) is 16.1. The Bertz CT molecular complexity index is 964. The van der Waals surface area contributed by atoms with Gasteiger partial charge in [-0.05, 0) is 29.8 Å². The summed E-state index contributed by atoms with van der Waals surface area (Å²) in [6.45, 7) is 0. The molecule has 0 radical (unpaired) electrons. The highest BCUT2D eigenvalue weighted by molar-refractivity contribution is 8.01. The van der Waals surface area contributed by atoms with Crippen molar-refractivity contribution in [1.82, 2.24) is 0 Å². The van der Waals surface area contributed by atoms with Crippen molar-refractivity contribution < 1.29 is 9.59 Å². The van der Waals surface area contributed by atoms with Gasteiger partial charge in [-0.2, -0.15) is 0 Å². The van der Waals surface area contributed by atoms with Gasteiger partial charge in [0.2, 0.25) is 11.8 Å². The van der Waals surface area contributed by atoms with E-state index in [1.54, 1.807) is 4.90 Å². The minimum Gasteiger partial charge on any atom is -0.326 e. The van der Waals surface area contributed by atoms with Crippen LogP contribution in [0.4, 0.5) is 11.4 Å². The van der Waals surface area contributed by atoms with E-state index in [0.717, 1.165) is 16.9 Å². The van der Waals surface area contributed by atoms with Crippen LogP contribution in [-0.2, 0) is 14.5 Å². The lowest BCUT2D eigenvalue weighted by molar-refractivity contribution is -0.117. The molecule has 4 rings (SSSR count). The zero-order chi connectivity index (χ0) is 19.4. The van der Waals surface area contributed by atoms with Gasteiger partial charge in [-0.3, -0.25) is 14.5 Å². The largest absolute Gasteiger partial charge is 0.326 e. The predicted molar refractivity (Wildman–Crippen MR) is 114 cm³/mol. The van der Waals surface area contributed by atoms with Crippen LogP contribution in [0.2, 0.25) is 0 Å². The number of carbonyl (C=O) groups excluding carboxylic acids is 2. The van der Waals surface area contributed by atoms with Gasteiger partial charge in [0.1, 0.15) is 4.87 Å². The van der Waals surface area contributed by atoms with Gasteiger partial charge < -0.3 is 5.32 Å². The van der Waals surface area contributed by atoms with Crippen molar-refractivity contribution in [3.8, 4) is 0 Å². The molecular weight excluding hydrogens is 368 g/mol. The molecule has 0 saturated carbocycles. The fraction of sp³-hybridized carbons (Fsp3) is 0.130. The van der Waals surface area contributed by atoms with Crippen molar-refractivity contribution in [3.63, 3.8) is 0 Å². The number of hydrogen-bond donors (Lipinski definition) is 1. The molecule has 1 heterocycles. The molecule has 0 unspecified atom stereocenters. The predicted octanol–water partition coefficient (Wildman–Crippen LogP) is 4.65.